The second-order valence-electron chi connectivity index (χ2n) is 7.91. The van der Waals surface area contributed by atoms with Gasteiger partial charge in [0.25, 0.3) is 0 Å². The highest BCUT2D eigenvalue weighted by Gasteiger charge is 2.33. The summed E-state index contributed by atoms with van der Waals surface area (Å²) in [5.41, 5.74) is 1.25. The molecule has 2 aliphatic heterocycles. The number of carbonyl (C=O) groups is 2. The molecule has 0 radical (unpaired) electrons. The van der Waals surface area contributed by atoms with Crippen molar-refractivity contribution in [2.75, 3.05) is 29.9 Å². The number of hydrogen-bond donors (Lipinski definition) is 1. The summed E-state index contributed by atoms with van der Waals surface area (Å²) in [5, 5.41) is 2.66. The summed E-state index contributed by atoms with van der Waals surface area (Å²) in [6.45, 7) is 0.957. The Morgan fingerprint density at radius 2 is 1.81 bits per heavy atom. The van der Waals surface area contributed by atoms with Crippen molar-refractivity contribution in [2.45, 2.75) is 30.6 Å². The van der Waals surface area contributed by atoms with Gasteiger partial charge in [-0.05, 0) is 49.6 Å². The molecule has 2 aromatic carbocycles. The van der Waals surface area contributed by atoms with Crippen LogP contribution in [0.3, 0.4) is 0 Å². The first kappa shape index (κ1) is 22.7. The molecule has 2 aliphatic rings. The van der Waals surface area contributed by atoms with E-state index >= 15 is 0 Å². The molecule has 0 unspecified atom stereocenters. The highest BCUT2D eigenvalue weighted by Crippen LogP contribution is 2.31. The molecule has 0 spiro atoms. The van der Waals surface area contributed by atoms with Gasteiger partial charge in [0.1, 0.15) is 5.82 Å². The van der Waals surface area contributed by atoms with Crippen LogP contribution in [0, 0.1) is 11.7 Å². The average molecular weight is 480 g/mol. The van der Waals surface area contributed by atoms with Crippen molar-refractivity contribution >= 4 is 44.8 Å². The van der Waals surface area contributed by atoms with Crippen molar-refractivity contribution in [1.29, 1.82) is 0 Å². The van der Waals surface area contributed by atoms with Crippen LogP contribution in [0.1, 0.15) is 25.7 Å². The number of carbonyl (C=O) groups excluding carboxylic acids is 2. The number of piperidine rings is 1. The zero-order valence-corrected chi connectivity index (χ0v) is 18.8. The lowest BCUT2D eigenvalue weighted by atomic mass is 9.97. The minimum Gasteiger partial charge on any atom is -0.324 e. The maximum atomic E-state index is 13.4. The third kappa shape index (κ3) is 4.51. The van der Waals surface area contributed by atoms with E-state index in [0.29, 0.717) is 37.2 Å². The van der Waals surface area contributed by atoms with Gasteiger partial charge in [0.15, 0.2) is 0 Å². The van der Waals surface area contributed by atoms with Gasteiger partial charge in [0, 0.05) is 32.0 Å². The molecule has 32 heavy (non-hydrogen) atoms. The Balaban J connectivity index is 1.41. The van der Waals surface area contributed by atoms with Crippen LogP contribution in [0.5, 0.6) is 0 Å². The summed E-state index contributed by atoms with van der Waals surface area (Å²) in [4.78, 5) is 26.6. The number of nitrogens with one attached hydrogen (secondary N) is 1. The van der Waals surface area contributed by atoms with E-state index in [1.54, 1.807) is 17.0 Å². The maximum Gasteiger partial charge on any atom is 0.243 e. The normalized spacial score (nSPS) is 18.2. The van der Waals surface area contributed by atoms with Crippen molar-refractivity contribution in [3.63, 3.8) is 0 Å². The molecule has 1 N–H and O–H groups in total. The van der Waals surface area contributed by atoms with Gasteiger partial charge in [-0.15, -0.1) is 0 Å². The van der Waals surface area contributed by atoms with Crippen LogP contribution in [0.25, 0.3) is 0 Å². The monoisotopic (exact) mass is 479 g/mol. The topological polar surface area (TPSA) is 86.8 Å². The molecule has 0 bridgehead atoms. The fraction of sp³-hybridized carbons (Fsp3) is 0.364. The van der Waals surface area contributed by atoms with E-state index in [9.17, 15) is 22.4 Å². The third-order valence-corrected chi connectivity index (χ3v) is 8.06. The number of nitrogens with zero attached hydrogens (tertiary/aromatic N) is 2. The summed E-state index contributed by atoms with van der Waals surface area (Å²) in [7, 11) is -3.83. The first-order valence-electron chi connectivity index (χ1n) is 10.4. The number of amides is 2. The third-order valence-electron chi connectivity index (χ3n) is 5.88. The molecular formula is C22H23ClFN3O4S. The number of anilines is 2. The quantitative estimate of drug-likeness (QED) is 0.709. The van der Waals surface area contributed by atoms with E-state index in [1.807, 2.05) is 12.1 Å². The number of benzene rings is 2. The number of sulfonamides is 1. The summed E-state index contributed by atoms with van der Waals surface area (Å²) >= 11 is 5.73. The minimum absolute atomic E-state index is 0.0334. The van der Waals surface area contributed by atoms with E-state index in [1.165, 1.54) is 10.4 Å². The zero-order valence-electron chi connectivity index (χ0n) is 17.3. The van der Waals surface area contributed by atoms with Crippen molar-refractivity contribution in [2.24, 2.45) is 5.92 Å². The Labute approximate surface area is 191 Å². The van der Waals surface area contributed by atoms with Crippen LogP contribution in [0.15, 0.2) is 47.4 Å². The SMILES string of the molecule is O=C(Nc1ccccc1N1CCCC1=O)C1CCN(S(=O)(=O)c2ccc(F)c(Cl)c2)CC1. The Bertz CT molecular complexity index is 1150. The maximum absolute atomic E-state index is 13.4. The van der Waals surface area contributed by atoms with Crippen molar-refractivity contribution < 1.29 is 22.4 Å². The molecule has 2 saturated heterocycles. The Morgan fingerprint density at radius 1 is 1.09 bits per heavy atom. The van der Waals surface area contributed by atoms with Crippen LogP contribution in [-0.4, -0.2) is 44.2 Å². The molecule has 0 aromatic heterocycles. The van der Waals surface area contributed by atoms with Gasteiger partial charge in [-0.2, -0.15) is 4.31 Å². The predicted molar refractivity (Wildman–Crippen MR) is 120 cm³/mol. The second kappa shape index (κ2) is 9.17. The molecule has 2 aromatic rings. The van der Waals surface area contributed by atoms with Gasteiger partial charge < -0.3 is 10.2 Å². The fourth-order valence-corrected chi connectivity index (χ4v) is 5.84. The first-order chi connectivity index (χ1) is 15.3. The van der Waals surface area contributed by atoms with Crippen LogP contribution in [0.4, 0.5) is 15.8 Å². The van der Waals surface area contributed by atoms with Crippen LogP contribution >= 0.6 is 11.6 Å². The summed E-state index contributed by atoms with van der Waals surface area (Å²) in [5.74, 6) is -1.21. The summed E-state index contributed by atoms with van der Waals surface area (Å²) in [6, 6.07) is 10.5. The number of halogens is 2. The number of hydrogen-bond acceptors (Lipinski definition) is 4. The number of rotatable bonds is 5. The van der Waals surface area contributed by atoms with Crippen molar-refractivity contribution in [3.8, 4) is 0 Å². The van der Waals surface area contributed by atoms with Crippen molar-refractivity contribution in [1.82, 2.24) is 4.31 Å². The molecular weight excluding hydrogens is 457 g/mol. The molecule has 4 rings (SSSR count). The van der Waals surface area contributed by atoms with E-state index in [0.717, 1.165) is 18.6 Å². The van der Waals surface area contributed by atoms with Crippen molar-refractivity contribution in [3.05, 3.63) is 53.3 Å². The average Bonchev–Trinajstić information content (AvgIpc) is 3.21. The largest absolute Gasteiger partial charge is 0.324 e. The van der Waals surface area contributed by atoms with Gasteiger partial charge >= 0.3 is 0 Å². The Hall–Kier alpha value is -2.49. The minimum atomic E-state index is -3.83. The molecule has 2 heterocycles. The van der Waals surface area contributed by atoms with Gasteiger partial charge in [-0.1, -0.05) is 23.7 Å². The Morgan fingerprint density at radius 3 is 2.47 bits per heavy atom. The van der Waals surface area contributed by atoms with Crippen LogP contribution in [0.2, 0.25) is 5.02 Å². The second-order valence-corrected chi connectivity index (χ2v) is 10.3. The zero-order chi connectivity index (χ0) is 22.9. The fourth-order valence-electron chi connectivity index (χ4n) is 4.10. The highest BCUT2D eigenvalue weighted by atomic mass is 35.5. The standard InChI is InChI=1S/C22H23ClFN3O4S/c23-17-14-16(7-8-18(17)24)32(30,31)26-12-9-15(10-13-26)22(29)25-19-4-1-2-5-20(19)27-11-3-6-21(27)28/h1-2,4-5,7-8,14-15H,3,6,9-13H2,(H,25,29). The lowest BCUT2D eigenvalue weighted by molar-refractivity contribution is -0.121. The summed E-state index contributed by atoms with van der Waals surface area (Å²) < 4.78 is 40.4. The van der Waals surface area contributed by atoms with Gasteiger partial charge in [0.2, 0.25) is 21.8 Å². The molecule has 0 aliphatic carbocycles. The molecule has 7 nitrogen and oxygen atoms in total. The van der Waals surface area contributed by atoms with E-state index < -0.39 is 15.8 Å². The van der Waals surface area contributed by atoms with Crippen LogP contribution in [-0.2, 0) is 19.6 Å². The van der Waals surface area contributed by atoms with E-state index in [2.05, 4.69) is 5.32 Å². The summed E-state index contributed by atoms with van der Waals surface area (Å²) in [6.07, 6.45) is 1.98. The predicted octanol–water partition coefficient (Wildman–Crippen LogP) is 3.65. The molecule has 2 amide bonds. The molecule has 2 fully saturated rings. The lowest BCUT2D eigenvalue weighted by Crippen LogP contribution is -2.41. The first-order valence-corrected chi connectivity index (χ1v) is 12.2. The highest BCUT2D eigenvalue weighted by molar-refractivity contribution is 7.89. The Kier molecular flexibility index (Phi) is 6.50. The smallest absolute Gasteiger partial charge is 0.243 e. The molecule has 0 atom stereocenters. The van der Waals surface area contributed by atoms with Gasteiger partial charge in [0.05, 0.1) is 21.3 Å². The van der Waals surface area contributed by atoms with Crippen LogP contribution < -0.4 is 10.2 Å². The van der Waals surface area contributed by atoms with Gasteiger partial charge in [-0.25, -0.2) is 12.8 Å². The molecule has 10 heteroatoms. The molecule has 170 valence electrons. The van der Waals surface area contributed by atoms with E-state index in [-0.39, 0.29) is 40.7 Å². The lowest BCUT2D eigenvalue weighted by Gasteiger charge is -2.31. The van der Waals surface area contributed by atoms with E-state index in [4.69, 9.17) is 11.6 Å². The number of para-hydroxylation sites is 2. The van der Waals surface area contributed by atoms with Gasteiger partial charge in [-0.3, -0.25) is 9.59 Å². The molecule has 0 saturated carbocycles.